The van der Waals surface area contributed by atoms with Crippen LogP contribution in [0.15, 0.2) is 24.5 Å². The Morgan fingerprint density at radius 1 is 1.09 bits per heavy atom. The summed E-state index contributed by atoms with van der Waals surface area (Å²) in [4.78, 5) is 0. The van der Waals surface area contributed by atoms with E-state index >= 15 is 0 Å². The van der Waals surface area contributed by atoms with E-state index in [2.05, 4.69) is 6.07 Å². The largest absolute Gasteiger partial charge is 0.516 e. The summed E-state index contributed by atoms with van der Waals surface area (Å²) in [7, 11) is 0. The van der Waals surface area contributed by atoms with Gasteiger partial charge in [-0.3, -0.25) is 0 Å². The standard InChI is InChI=1S/C10H12O/c1-8-5-9(2)7-10(6-8)3-4-11/h3-7,11H,1-2H3. The van der Waals surface area contributed by atoms with Gasteiger partial charge in [0, 0.05) is 0 Å². The molecule has 0 fully saturated rings. The van der Waals surface area contributed by atoms with Crippen LogP contribution in [0.2, 0.25) is 0 Å². The minimum Gasteiger partial charge on any atom is -0.516 e. The summed E-state index contributed by atoms with van der Waals surface area (Å²) < 4.78 is 0. The Balaban J connectivity index is 3.08. The van der Waals surface area contributed by atoms with Crippen molar-refractivity contribution >= 4 is 6.08 Å². The van der Waals surface area contributed by atoms with Crippen LogP contribution in [-0.2, 0) is 0 Å². The summed E-state index contributed by atoms with van der Waals surface area (Å²) in [5.41, 5.74) is 3.49. The van der Waals surface area contributed by atoms with Gasteiger partial charge in [0.2, 0.25) is 0 Å². The van der Waals surface area contributed by atoms with Crippen molar-refractivity contribution in [1.29, 1.82) is 0 Å². The molecule has 0 amide bonds. The maximum absolute atomic E-state index is 8.52. The average Bonchev–Trinajstić information content (AvgIpc) is 1.85. The molecule has 0 aliphatic rings. The van der Waals surface area contributed by atoms with Crippen molar-refractivity contribution in [3.8, 4) is 0 Å². The summed E-state index contributed by atoms with van der Waals surface area (Å²) in [6, 6.07) is 6.16. The lowest BCUT2D eigenvalue weighted by Gasteiger charge is -1.98. The Hall–Kier alpha value is -1.24. The van der Waals surface area contributed by atoms with Crippen LogP contribution in [0.5, 0.6) is 0 Å². The van der Waals surface area contributed by atoms with Gasteiger partial charge in [-0.25, -0.2) is 0 Å². The molecule has 1 aromatic carbocycles. The van der Waals surface area contributed by atoms with Crippen LogP contribution in [0.4, 0.5) is 0 Å². The highest BCUT2D eigenvalue weighted by molar-refractivity contribution is 5.50. The molecule has 0 aliphatic heterocycles. The molecule has 0 atom stereocenters. The Kier molecular flexibility index (Phi) is 2.32. The third-order valence-corrected chi connectivity index (χ3v) is 1.51. The molecule has 0 aromatic heterocycles. The molecule has 0 saturated heterocycles. The van der Waals surface area contributed by atoms with Gasteiger partial charge in [0.05, 0.1) is 6.26 Å². The summed E-state index contributed by atoms with van der Waals surface area (Å²) in [5, 5.41) is 8.52. The summed E-state index contributed by atoms with van der Waals surface area (Å²) >= 11 is 0. The minimum atomic E-state index is 1.05. The quantitative estimate of drug-likeness (QED) is 0.607. The highest BCUT2D eigenvalue weighted by atomic mass is 16.2. The van der Waals surface area contributed by atoms with Crippen molar-refractivity contribution in [2.75, 3.05) is 0 Å². The maximum atomic E-state index is 8.52. The Morgan fingerprint density at radius 2 is 1.64 bits per heavy atom. The molecule has 1 heteroatoms. The number of hydrogen-bond acceptors (Lipinski definition) is 1. The Bertz CT molecular complexity index is 254. The van der Waals surface area contributed by atoms with Gasteiger partial charge in [-0.1, -0.05) is 29.3 Å². The molecule has 1 aromatic rings. The van der Waals surface area contributed by atoms with Crippen molar-refractivity contribution in [1.82, 2.24) is 0 Å². The van der Waals surface area contributed by atoms with E-state index in [0.717, 1.165) is 11.8 Å². The van der Waals surface area contributed by atoms with E-state index in [1.807, 2.05) is 26.0 Å². The highest BCUT2D eigenvalue weighted by Crippen LogP contribution is 2.09. The molecule has 0 heterocycles. The fourth-order valence-corrected chi connectivity index (χ4v) is 1.19. The minimum absolute atomic E-state index is 1.05. The molecular weight excluding hydrogens is 136 g/mol. The molecule has 0 unspecified atom stereocenters. The van der Waals surface area contributed by atoms with Crippen LogP contribution in [0.1, 0.15) is 16.7 Å². The highest BCUT2D eigenvalue weighted by Gasteiger charge is 1.90. The molecule has 1 nitrogen and oxygen atoms in total. The molecule has 0 spiro atoms. The number of aliphatic hydroxyl groups excluding tert-OH is 1. The maximum Gasteiger partial charge on any atom is 0.0797 e. The second-order valence-corrected chi connectivity index (χ2v) is 2.74. The molecule has 0 bridgehead atoms. The molecular formula is C10H12O. The van der Waals surface area contributed by atoms with Gasteiger partial charge >= 0.3 is 0 Å². The monoisotopic (exact) mass is 148 g/mol. The lowest BCUT2D eigenvalue weighted by Crippen LogP contribution is -1.79. The zero-order valence-corrected chi connectivity index (χ0v) is 6.83. The second kappa shape index (κ2) is 3.24. The number of benzene rings is 1. The normalized spacial score (nSPS) is 10.7. The molecule has 1 N–H and O–H groups in total. The van der Waals surface area contributed by atoms with E-state index in [1.165, 1.54) is 11.1 Å². The first-order valence-electron chi connectivity index (χ1n) is 3.61. The van der Waals surface area contributed by atoms with E-state index in [9.17, 15) is 0 Å². The lowest BCUT2D eigenvalue weighted by atomic mass is 10.1. The van der Waals surface area contributed by atoms with Gasteiger partial charge < -0.3 is 5.11 Å². The van der Waals surface area contributed by atoms with Gasteiger partial charge in [-0.2, -0.15) is 0 Å². The molecule has 1 rings (SSSR count). The number of rotatable bonds is 1. The predicted molar refractivity (Wildman–Crippen MR) is 47.6 cm³/mol. The van der Waals surface area contributed by atoms with Crippen molar-refractivity contribution in [2.45, 2.75) is 13.8 Å². The van der Waals surface area contributed by atoms with E-state index < -0.39 is 0 Å². The van der Waals surface area contributed by atoms with Crippen molar-refractivity contribution in [3.63, 3.8) is 0 Å². The van der Waals surface area contributed by atoms with Crippen LogP contribution in [0.3, 0.4) is 0 Å². The first-order valence-corrected chi connectivity index (χ1v) is 3.61. The molecule has 0 radical (unpaired) electrons. The van der Waals surface area contributed by atoms with Crippen LogP contribution in [-0.4, -0.2) is 5.11 Å². The summed E-state index contributed by atoms with van der Waals surface area (Å²) in [6.07, 6.45) is 2.74. The molecule has 11 heavy (non-hydrogen) atoms. The van der Waals surface area contributed by atoms with Crippen LogP contribution >= 0.6 is 0 Å². The topological polar surface area (TPSA) is 20.2 Å². The fourth-order valence-electron chi connectivity index (χ4n) is 1.19. The first kappa shape index (κ1) is 7.86. The molecule has 0 aliphatic carbocycles. The van der Waals surface area contributed by atoms with E-state index in [-0.39, 0.29) is 0 Å². The number of aryl methyl sites for hydroxylation is 2. The Labute approximate surface area is 67.0 Å². The third kappa shape index (κ3) is 2.11. The van der Waals surface area contributed by atoms with Crippen molar-refractivity contribution < 1.29 is 5.11 Å². The Morgan fingerprint density at radius 3 is 2.09 bits per heavy atom. The predicted octanol–water partition coefficient (Wildman–Crippen LogP) is 2.83. The fraction of sp³-hybridized carbons (Fsp3) is 0.200. The van der Waals surface area contributed by atoms with Gasteiger partial charge in [-0.05, 0) is 25.5 Å². The van der Waals surface area contributed by atoms with Crippen LogP contribution in [0.25, 0.3) is 6.08 Å². The smallest absolute Gasteiger partial charge is 0.0797 e. The molecule has 58 valence electrons. The van der Waals surface area contributed by atoms with Crippen molar-refractivity contribution in [3.05, 3.63) is 41.2 Å². The van der Waals surface area contributed by atoms with Gasteiger partial charge in [0.25, 0.3) is 0 Å². The summed E-state index contributed by atoms with van der Waals surface area (Å²) in [5.74, 6) is 0. The first-order chi connectivity index (χ1) is 5.22. The van der Waals surface area contributed by atoms with E-state index in [4.69, 9.17) is 5.11 Å². The number of aliphatic hydroxyl groups is 1. The van der Waals surface area contributed by atoms with Gasteiger partial charge in [-0.15, -0.1) is 0 Å². The van der Waals surface area contributed by atoms with Gasteiger partial charge in [0.1, 0.15) is 0 Å². The average molecular weight is 148 g/mol. The number of hydrogen-bond donors (Lipinski definition) is 1. The molecule has 0 saturated carbocycles. The zero-order valence-electron chi connectivity index (χ0n) is 6.83. The van der Waals surface area contributed by atoms with E-state index in [1.54, 1.807) is 6.08 Å². The zero-order chi connectivity index (χ0) is 8.27. The van der Waals surface area contributed by atoms with Crippen molar-refractivity contribution in [2.24, 2.45) is 0 Å². The van der Waals surface area contributed by atoms with Crippen LogP contribution in [0, 0.1) is 13.8 Å². The second-order valence-electron chi connectivity index (χ2n) is 2.74. The lowest BCUT2D eigenvalue weighted by molar-refractivity contribution is 0.478. The van der Waals surface area contributed by atoms with Crippen LogP contribution < -0.4 is 0 Å². The SMILES string of the molecule is Cc1cc(C)cc(C=CO)c1. The van der Waals surface area contributed by atoms with Gasteiger partial charge in [0.15, 0.2) is 0 Å². The summed E-state index contributed by atoms with van der Waals surface area (Å²) in [6.45, 7) is 4.09. The van der Waals surface area contributed by atoms with E-state index in [0.29, 0.717) is 0 Å². The third-order valence-electron chi connectivity index (χ3n) is 1.51.